The Kier molecular flexibility index (Phi) is 6.60. The second kappa shape index (κ2) is 8.75. The molecule has 0 unspecified atom stereocenters. The second-order valence-corrected chi connectivity index (χ2v) is 8.93. The van der Waals surface area contributed by atoms with Gasteiger partial charge in [0.05, 0.1) is 15.6 Å². The molecule has 138 valence electrons. The number of thioether (sulfide) groups is 1. The van der Waals surface area contributed by atoms with Crippen molar-refractivity contribution in [1.82, 2.24) is 4.90 Å². The minimum atomic E-state index is -0.403. The zero-order valence-electron chi connectivity index (χ0n) is 13.5. The van der Waals surface area contributed by atoms with E-state index in [2.05, 4.69) is 21.2 Å². The van der Waals surface area contributed by atoms with Gasteiger partial charge in [-0.2, -0.15) is 0 Å². The number of nitrogens with zero attached hydrogens (tertiary/aromatic N) is 1. The standard InChI is InChI=1S/C18H11BrCl2N2O2S2/c19-11-3-1-2-10(6-11)7-15-17(25)23(18(26)27-15)9-16(24)22-14-5-4-12(20)8-13(14)21/h1-8H,9H2,(H,22,24). The van der Waals surface area contributed by atoms with Crippen molar-refractivity contribution in [1.29, 1.82) is 0 Å². The van der Waals surface area contributed by atoms with Crippen molar-refractivity contribution >= 4 is 91.0 Å². The summed E-state index contributed by atoms with van der Waals surface area (Å²) in [6.07, 6.45) is 1.75. The predicted octanol–water partition coefficient (Wildman–Crippen LogP) is 5.60. The first kappa shape index (κ1) is 20.4. The number of anilines is 1. The van der Waals surface area contributed by atoms with Gasteiger partial charge in [0.2, 0.25) is 5.91 Å². The van der Waals surface area contributed by atoms with E-state index in [4.69, 9.17) is 35.4 Å². The van der Waals surface area contributed by atoms with Crippen molar-refractivity contribution in [2.45, 2.75) is 0 Å². The highest BCUT2D eigenvalue weighted by molar-refractivity contribution is 9.10. The summed E-state index contributed by atoms with van der Waals surface area (Å²) in [4.78, 5) is 26.7. The van der Waals surface area contributed by atoms with Crippen LogP contribution in [0.15, 0.2) is 51.8 Å². The van der Waals surface area contributed by atoms with E-state index in [-0.39, 0.29) is 12.5 Å². The molecular weight excluding hydrogens is 491 g/mol. The highest BCUT2D eigenvalue weighted by Crippen LogP contribution is 2.33. The van der Waals surface area contributed by atoms with Crippen LogP contribution in [0.3, 0.4) is 0 Å². The molecule has 2 amide bonds. The third-order valence-corrected chi connectivity index (χ3v) is 5.95. The predicted molar refractivity (Wildman–Crippen MR) is 119 cm³/mol. The van der Waals surface area contributed by atoms with Crippen LogP contribution in [-0.2, 0) is 9.59 Å². The van der Waals surface area contributed by atoms with Gasteiger partial charge in [-0.1, -0.05) is 75.2 Å². The van der Waals surface area contributed by atoms with Crippen LogP contribution in [0.1, 0.15) is 5.56 Å². The van der Waals surface area contributed by atoms with E-state index < -0.39 is 5.91 Å². The molecular formula is C18H11BrCl2N2O2S2. The Balaban J connectivity index is 1.71. The van der Waals surface area contributed by atoms with Gasteiger partial charge in [-0.25, -0.2) is 0 Å². The SMILES string of the molecule is O=C(CN1C(=O)C(=Cc2cccc(Br)c2)SC1=S)Nc1ccc(Cl)cc1Cl. The van der Waals surface area contributed by atoms with Gasteiger partial charge >= 0.3 is 0 Å². The summed E-state index contributed by atoms with van der Waals surface area (Å²) in [5.41, 5.74) is 1.28. The van der Waals surface area contributed by atoms with Crippen LogP contribution < -0.4 is 5.32 Å². The number of halogens is 3. The summed E-state index contributed by atoms with van der Waals surface area (Å²) in [5, 5.41) is 3.44. The molecule has 0 atom stereocenters. The molecule has 2 aromatic carbocycles. The number of nitrogens with one attached hydrogen (secondary N) is 1. The first-order valence-corrected chi connectivity index (χ1v) is 10.4. The van der Waals surface area contributed by atoms with Crippen LogP contribution in [0.4, 0.5) is 5.69 Å². The third kappa shape index (κ3) is 5.12. The molecule has 1 heterocycles. The van der Waals surface area contributed by atoms with Gasteiger partial charge in [0, 0.05) is 9.50 Å². The van der Waals surface area contributed by atoms with Gasteiger partial charge in [0.25, 0.3) is 5.91 Å². The lowest BCUT2D eigenvalue weighted by Crippen LogP contribution is -2.36. The number of thiocarbonyl (C=S) groups is 1. The molecule has 9 heteroatoms. The summed E-state index contributed by atoms with van der Waals surface area (Å²) in [5.74, 6) is -0.707. The van der Waals surface area contributed by atoms with E-state index in [9.17, 15) is 9.59 Å². The van der Waals surface area contributed by atoms with Gasteiger partial charge in [-0.3, -0.25) is 14.5 Å². The minimum absolute atomic E-state index is 0.195. The van der Waals surface area contributed by atoms with E-state index >= 15 is 0 Å². The Labute approximate surface area is 184 Å². The van der Waals surface area contributed by atoms with Gasteiger partial charge in [-0.15, -0.1) is 0 Å². The Morgan fingerprint density at radius 1 is 1.26 bits per heavy atom. The lowest BCUT2D eigenvalue weighted by molar-refractivity contribution is -0.126. The molecule has 4 nitrogen and oxygen atoms in total. The van der Waals surface area contributed by atoms with Gasteiger partial charge in [0.1, 0.15) is 10.9 Å². The third-order valence-electron chi connectivity index (χ3n) is 3.53. The van der Waals surface area contributed by atoms with Crippen LogP contribution in [0.5, 0.6) is 0 Å². The number of hydrogen-bond acceptors (Lipinski definition) is 4. The fourth-order valence-electron chi connectivity index (χ4n) is 2.31. The van der Waals surface area contributed by atoms with Crippen LogP contribution >= 0.6 is 63.1 Å². The van der Waals surface area contributed by atoms with Crippen LogP contribution in [-0.4, -0.2) is 27.6 Å². The summed E-state index contributed by atoms with van der Waals surface area (Å²) < 4.78 is 1.24. The zero-order valence-corrected chi connectivity index (χ0v) is 18.3. The average Bonchev–Trinajstić information content (AvgIpc) is 2.85. The maximum atomic E-state index is 12.6. The first-order valence-electron chi connectivity index (χ1n) is 7.59. The quantitative estimate of drug-likeness (QED) is 0.437. The van der Waals surface area contributed by atoms with Crippen LogP contribution in [0.2, 0.25) is 10.0 Å². The molecule has 2 aromatic rings. The molecule has 0 spiro atoms. The Morgan fingerprint density at radius 3 is 2.74 bits per heavy atom. The highest BCUT2D eigenvalue weighted by atomic mass is 79.9. The highest BCUT2D eigenvalue weighted by Gasteiger charge is 2.33. The zero-order chi connectivity index (χ0) is 19.6. The Morgan fingerprint density at radius 2 is 2.04 bits per heavy atom. The van der Waals surface area contributed by atoms with E-state index in [0.717, 1.165) is 10.0 Å². The molecule has 3 rings (SSSR count). The van der Waals surface area contributed by atoms with Crippen molar-refractivity contribution in [3.05, 3.63) is 67.5 Å². The summed E-state index contributed by atoms with van der Waals surface area (Å²) in [7, 11) is 0. The fourth-order valence-corrected chi connectivity index (χ4v) is 4.44. The normalized spacial score (nSPS) is 15.5. The van der Waals surface area contributed by atoms with Crippen molar-refractivity contribution in [3.63, 3.8) is 0 Å². The molecule has 1 fully saturated rings. The van der Waals surface area contributed by atoms with Gasteiger partial charge < -0.3 is 5.32 Å². The van der Waals surface area contributed by atoms with Gasteiger partial charge in [-0.05, 0) is 42.0 Å². The van der Waals surface area contributed by atoms with E-state index in [0.29, 0.717) is 25.0 Å². The van der Waals surface area contributed by atoms with E-state index in [1.54, 1.807) is 18.2 Å². The first-order chi connectivity index (χ1) is 12.8. The molecule has 0 aliphatic carbocycles. The Bertz CT molecular complexity index is 982. The van der Waals surface area contributed by atoms with Crippen LogP contribution in [0, 0.1) is 0 Å². The summed E-state index contributed by atoms with van der Waals surface area (Å²) in [6.45, 7) is -0.195. The molecule has 0 aromatic heterocycles. The minimum Gasteiger partial charge on any atom is -0.323 e. The van der Waals surface area contributed by atoms with Crippen molar-refractivity contribution in [2.24, 2.45) is 0 Å². The smallest absolute Gasteiger partial charge is 0.266 e. The summed E-state index contributed by atoms with van der Waals surface area (Å²) >= 11 is 21.7. The van der Waals surface area contributed by atoms with Crippen molar-refractivity contribution < 1.29 is 9.59 Å². The number of carbonyl (C=O) groups excluding carboxylic acids is 2. The summed E-state index contributed by atoms with van der Waals surface area (Å²) in [6, 6.07) is 12.3. The van der Waals surface area contributed by atoms with Crippen molar-refractivity contribution in [3.8, 4) is 0 Å². The van der Waals surface area contributed by atoms with E-state index in [1.807, 2.05) is 24.3 Å². The molecule has 0 saturated carbocycles. The fraction of sp³-hybridized carbons (Fsp3) is 0.0556. The average molecular weight is 502 g/mol. The van der Waals surface area contributed by atoms with Crippen LogP contribution in [0.25, 0.3) is 6.08 Å². The molecule has 1 aliphatic heterocycles. The van der Waals surface area contributed by atoms with Crippen molar-refractivity contribution in [2.75, 3.05) is 11.9 Å². The lowest BCUT2D eigenvalue weighted by Gasteiger charge is -2.14. The van der Waals surface area contributed by atoms with E-state index in [1.165, 1.54) is 22.7 Å². The maximum Gasteiger partial charge on any atom is 0.266 e. The molecule has 1 N–H and O–H groups in total. The molecule has 1 aliphatic rings. The number of hydrogen-bond donors (Lipinski definition) is 1. The molecule has 0 radical (unpaired) electrons. The topological polar surface area (TPSA) is 49.4 Å². The molecule has 0 bridgehead atoms. The Hall–Kier alpha value is -1.38. The second-order valence-electron chi connectivity index (χ2n) is 5.50. The number of amides is 2. The maximum absolute atomic E-state index is 12.6. The molecule has 27 heavy (non-hydrogen) atoms. The number of carbonyl (C=O) groups is 2. The lowest BCUT2D eigenvalue weighted by atomic mass is 10.2. The number of rotatable bonds is 4. The molecule has 1 saturated heterocycles. The largest absolute Gasteiger partial charge is 0.323 e. The monoisotopic (exact) mass is 500 g/mol. The number of benzene rings is 2. The van der Waals surface area contributed by atoms with Gasteiger partial charge in [0.15, 0.2) is 0 Å².